The minimum atomic E-state index is -0.274. The number of esters is 1. The highest BCUT2D eigenvalue weighted by atomic mass is 16.5. The van der Waals surface area contributed by atoms with E-state index in [9.17, 15) is 4.79 Å². The van der Waals surface area contributed by atoms with E-state index in [1.165, 1.54) is 0 Å². The summed E-state index contributed by atoms with van der Waals surface area (Å²) in [5, 5.41) is 0. The quantitative estimate of drug-likeness (QED) is 0.856. The molecule has 1 aliphatic rings. The van der Waals surface area contributed by atoms with Crippen molar-refractivity contribution in [2.45, 2.75) is 51.7 Å². The van der Waals surface area contributed by atoms with Crippen molar-refractivity contribution >= 4 is 5.97 Å². The van der Waals surface area contributed by atoms with E-state index in [4.69, 9.17) is 10.5 Å². The maximum atomic E-state index is 12.0. The Balaban J connectivity index is 1.81. The van der Waals surface area contributed by atoms with E-state index >= 15 is 0 Å². The second-order valence-electron chi connectivity index (χ2n) is 6.10. The fraction of sp³-hybridized carbons (Fsp3) is 0.588. The number of benzene rings is 1. The molecule has 2 rings (SSSR count). The first-order valence-corrected chi connectivity index (χ1v) is 7.56. The minimum Gasteiger partial charge on any atom is -0.462 e. The molecule has 0 spiro atoms. The van der Waals surface area contributed by atoms with Gasteiger partial charge < -0.3 is 10.5 Å². The number of carbonyl (C=O) groups is 1. The van der Waals surface area contributed by atoms with E-state index in [-0.39, 0.29) is 24.5 Å². The standard InChI is InChI=1S/C17H25NO2/c1-12-8-9-15(10-13(12)2)20-17(19)11-16(18)14-6-4-3-5-7-14/h3-7,12-13,15-16H,8-11,18H2,1-2H3. The lowest BCUT2D eigenvalue weighted by Gasteiger charge is -2.31. The number of hydrogen-bond donors (Lipinski definition) is 1. The number of rotatable bonds is 4. The van der Waals surface area contributed by atoms with Gasteiger partial charge in [0.25, 0.3) is 0 Å². The number of nitrogens with two attached hydrogens (primary N) is 1. The van der Waals surface area contributed by atoms with E-state index in [1.54, 1.807) is 0 Å². The van der Waals surface area contributed by atoms with Crippen molar-refractivity contribution in [1.29, 1.82) is 0 Å². The molecule has 1 aromatic carbocycles. The molecule has 3 heteroatoms. The predicted octanol–water partition coefficient (Wildman–Crippen LogP) is 3.44. The molecular weight excluding hydrogens is 250 g/mol. The third kappa shape index (κ3) is 4.07. The molecule has 1 saturated carbocycles. The van der Waals surface area contributed by atoms with Crippen LogP contribution < -0.4 is 5.73 Å². The van der Waals surface area contributed by atoms with Crippen LogP contribution in [0.2, 0.25) is 0 Å². The van der Waals surface area contributed by atoms with Gasteiger partial charge in [0.1, 0.15) is 6.10 Å². The van der Waals surface area contributed by atoms with Crippen LogP contribution in [0.1, 0.15) is 51.1 Å². The predicted molar refractivity (Wildman–Crippen MR) is 80.0 cm³/mol. The molecule has 0 radical (unpaired) electrons. The molecule has 4 atom stereocenters. The molecule has 3 nitrogen and oxygen atoms in total. The molecule has 1 fully saturated rings. The fourth-order valence-corrected chi connectivity index (χ4v) is 2.84. The molecule has 4 unspecified atom stereocenters. The first-order chi connectivity index (χ1) is 9.56. The van der Waals surface area contributed by atoms with Gasteiger partial charge in [-0.25, -0.2) is 0 Å². The Hall–Kier alpha value is -1.35. The van der Waals surface area contributed by atoms with Gasteiger partial charge in [0.15, 0.2) is 0 Å². The highest BCUT2D eigenvalue weighted by molar-refractivity contribution is 5.70. The molecule has 2 N–H and O–H groups in total. The molecule has 20 heavy (non-hydrogen) atoms. The lowest BCUT2D eigenvalue weighted by molar-refractivity contribution is -0.152. The van der Waals surface area contributed by atoms with Gasteiger partial charge in [0.2, 0.25) is 0 Å². The van der Waals surface area contributed by atoms with E-state index in [0.717, 1.165) is 30.7 Å². The summed E-state index contributed by atoms with van der Waals surface area (Å²) in [4.78, 5) is 12.0. The maximum Gasteiger partial charge on any atom is 0.307 e. The zero-order valence-electron chi connectivity index (χ0n) is 12.4. The van der Waals surface area contributed by atoms with E-state index in [1.807, 2.05) is 30.3 Å². The summed E-state index contributed by atoms with van der Waals surface area (Å²) >= 11 is 0. The minimum absolute atomic E-state index is 0.0803. The van der Waals surface area contributed by atoms with Crippen molar-refractivity contribution in [3.05, 3.63) is 35.9 Å². The van der Waals surface area contributed by atoms with E-state index < -0.39 is 0 Å². The average molecular weight is 275 g/mol. The fourth-order valence-electron chi connectivity index (χ4n) is 2.84. The van der Waals surface area contributed by atoms with E-state index in [2.05, 4.69) is 13.8 Å². The summed E-state index contributed by atoms with van der Waals surface area (Å²) < 4.78 is 5.58. The van der Waals surface area contributed by atoms with Gasteiger partial charge in [0, 0.05) is 6.04 Å². The van der Waals surface area contributed by atoms with Crippen LogP contribution in [-0.4, -0.2) is 12.1 Å². The van der Waals surface area contributed by atoms with Crippen molar-refractivity contribution < 1.29 is 9.53 Å². The van der Waals surface area contributed by atoms with Crippen LogP contribution in [-0.2, 0) is 9.53 Å². The van der Waals surface area contributed by atoms with Crippen LogP contribution in [0, 0.1) is 11.8 Å². The molecular formula is C17H25NO2. The second kappa shape index (κ2) is 6.89. The van der Waals surface area contributed by atoms with Crippen LogP contribution in [0.25, 0.3) is 0 Å². The third-order valence-electron chi connectivity index (χ3n) is 4.46. The summed E-state index contributed by atoms with van der Waals surface area (Å²) in [6.45, 7) is 4.51. The second-order valence-corrected chi connectivity index (χ2v) is 6.10. The first kappa shape index (κ1) is 15.0. The molecule has 1 aromatic rings. The molecule has 0 bridgehead atoms. The van der Waals surface area contributed by atoms with Gasteiger partial charge >= 0.3 is 5.97 Å². The van der Waals surface area contributed by atoms with Crippen molar-refractivity contribution in [2.24, 2.45) is 17.6 Å². The highest BCUT2D eigenvalue weighted by Gasteiger charge is 2.27. The molecule has 0 amide bonds. The van der Waals surface area contributed by atoms with Crippen molar-refractivity contribution in [3.8, 4) is 0 Å². The molecule has 1 aliphatic carbocycles. The number of hydrogen-bond acceptors (Lipinski definition) is 3. The van der Waals surface area contributed by atoms with Crippen molar-refractivity contribution in [3.63, 3.8) is 0 Å². The van der Waals surface area contributed by atoms with Gasteiger partial charge in [-0.2, -0.15) is 0 Å². The van der Waals surface area contributed by atoms with E-state index in [0.29, 0.717) is 5.92 Å². The Morgan fingerprint density at radius 3 is 2.60 bits per heavy atom. The van der Waals surface area contributed by atoms with Gasteiger partial charge in [-0.15, -0.1) is 0 Å². The van der Waals surface area contributed by atoms with Crippen molar-refractivity contribution in [2.75, 3.05) is 0 Å². The van der Waals surface area contributed by atoms with Crippen LogP contribution in [0.3, 0.4) is 0 Å². The van der Waals surface area contributed by atoms with Crippen LogP contribution in [0.15, 0.2) is 30.3 Å². The molecule has 110 valence electrons. The summed E-state index contributed by atoms with van der Waals surface area (Å²) in [5.74, 6) is 1.19. The Morgan fingerprint density at radius 1 is 1.25 bits per heavy atom. The lowest BCUT2D eigenvalue weighted by Crippen LogP contribution is -2.29. The van der Waals surface area contributed by atoms with Crippen LogP contribution in [0.5, 0.6) is 0 Å². The Labute approximate surface area is 121 Å². The molecule has 0 heterocycles. The molecule has 0 aromatic heterocycles. The van der Waals surface area contributed by atoms with Gasteiger partial charge in [-0.05, 0) is 36.7 Å². The molecule has 0 saturated heterocycles. The Bertz CT molecular complexity index is 432. The van der Waals surface area contributed by atoms with Gasteiger partial charge in [0.05, 0.1) is 6.42 Å². The normalized spacial score (nSPS) is 27.9. The Kier molecular flexibility index (Phi) is 5.18. The Morgan fingerprint density at radius 2 is 1.95 bits per heavy atom. The largest absolute Gasteiger partial charge is 0.462 e. The summed E-state index contributed by atoms with van der Waals surface area (Å²) in [7, 11) is 0. The maximum absolute atomic E-state index is 12.0. The topological polar surface area (TPSA) is 52.3 Å². The summed E-state index contributed by atoms with van der Waals surface area (Å²) in [6, 6.07) is 9.43. The molecule has 0 aliphatic heterocycles. The number of ether oxygens (including phenoxy) is 1. The summed E-state index contributed by atoms with van der Waals surface area (Å²) in [6.07, 6.45) is 3.44. The van der Waals surface area contributed by atoms with Crippen LogP contribution in [0.4, 0.5) is 0 Å². The zero-order chi connectivity index (χ0) is 14.5. The smallest absolute Gasteiger partial charge is 0.307 e. The monoisotopic (exact) mass is 275 g/mol. The van der Waals surface area contributed by atoms with Crippen molar-refractivity contribution in [1.82, 2.24) is 0 Å². The average Bonchev–Trinajstić information content (AvgIpc) is 2.44. The first-order valence-electron chi connectivity index (χ1n) is 7.56. The van der Waals surface area contributed by atoms with Gasteiger partial charge in [-0.1, -0.05) is 44.2 Å². The highest BCUT2D eigenvalue weighted by Crippen LogP contribution is 2.31. The summed E-state index contributed by atoms with van der Waals surface area (Å²) in [5.41, 5.74) is 7.03. The zero-order valence-corrected chi connectivity index (χ0v) is 12.4. The number of carbonyl (C=O) groups excluding carboxylic acids is 1. The van der Waals surface area contributed by atoms with Gasteiger partial charge in [-0.3, -0.25) is 4.79 Å². The van der Waals surface area contributed by atoms with Crippen LogP contribution >= 0.6 is 0 Å². The lowest BCUT2D eigenvalue weighted by atomic mass is 9.80. The third-order valence-corrected chi connectivity index (χ3v) is 4.46. The SMILES string of the molecule is CC1CCC(OC(=O)CC(N)c2ccccc2)CC1C.